The quantitative estimate of drug-likeness (QED) is 0.183. The van der Waals surface area contributed by atoms with Crippen LogP contribution in [-0.4, -0.2) is 71.9 Å². The molecule has 0 N–H and O–H groups in total. The van der Waals surface area contributed by atoms with E-state index in [9.17, 15) is 18.0 Å². The molecule has 1 amide bonds. The third-order valence-electron chi connectivity index (χ3n) is 7.10. The number of benzene rings is 2. The van der Waals surface area contributed by atoms with Crippen molar-refractivity contribution in [3.63, 3.8) is 0 Å². The highest BCUT2D eigenvalue weighted by atomic mass is 28.3. The van der Waals surface area contributed by atoms with Gasteiger partial charge in [-0.15, -0.1) is 0 Å². The Morgan fingerprint density at radius 3 is 2.28 bits per heavy atom. The van der Waals surface area contributed by atoms with Crippen molar-refractivity contribution >= 4 is 14.2 Å². The lowest BCUT2D eigenvalue weighted by Crippen LogP contribution is -2.49. The molecule has 7 nitrogen and oxygen atoms in total. The smallest absolute Gasteiger partial charge is 0.416 e. The van der Waals surface area contributed by atoms with Crippen molar-refractivity contribution in [2.24, 2.45) is 0 Å². The van der Waals surface area contributed by atoms with Gasteiger partial charge in [0.1, 0.15) is 18.2 Å². The summed E-state index contributed by atoms with van der Waals surface area (Å²) in [6.07, 6.45) is -2.96. The Labute approximate surface area is 253 Å². The standard InChI is InChI=1S/C32H43F3N4O3Si/c1-31(2,3)42-30(40)38-15-13-37(14-16-38)21-24-9-7-11-26(19-24)29-36-28(22-39(29)23-41-17-18-43(4,5)6)25-10-8-12-27(20-25)32(33,34)35/h7-12,19-20,22H,13-18,21,23H2,1-6H3. The van der Waals surface area contributed by atoms with Gasteiger partial charge in [0.2, 0.25) is 0 Å². The molecule has 1 aliphatic rings. The molecule has 43 heavy (non-hydrogen) atoms. The van der Waals surface area contributed by atoms with Crippen molar-refractivity contribution in [2.75, 3.05) is 32.8 Å². The van der Waals surface area contributed by atoms with Crippen molar-refractivity contribution in [3.05, 3.63) is 65.9 Å². The number of alkyl halides is 3. The molecule has 1 fully saturated rings. The van der Waals surface area contributed by atoms with Crippen LogP contribution in [0, 0.1) is 0 Å². The predicted octanol–water partition coefficient (Wildman–Crippen LogP) is 7.60. The molecule has 0 bridgehead atoms. The van der Waals surface area contributed by atoms with Crippen LogP contribution in [0.2, 0.25) is 25.7 Å². The van der Waals surface area contributed by atoms with Gasteiger partial charge < -0.3 is 18.9 Å². The number of carbonyl (C=O) groups is 1. The van der Waals surface area contributed by atoms with Gasteiger partial charge >= 0.3 is 12.3 Å². The van der Waals surface area contributed by atoms with Gasteiger partial charge in [0, 0.05) is 64.7 Å². The van der Waals surface area contributed by atoms with Crippen LogP contribution >= 0.6 is 0 Å². The maximum atomic E-state index is 13.4. The Hall–Kier alpha value is -3.15. The molecule has 3 aromatic rings. The van der Waals surface area contributed by atoms with Crippen LogP contribution in [0.1, 0.15) is 31.9 Å². The molecule has 11 heteroatoms. The highest BCUT2D eigenvalue weighted by molar-refractivity contribution is 6.76. The van der Waals surface area contributed by atoms with Crippen LogP contribution in [-0.2, 0) is 28.9 Å². The number of piperazine rings is 1. The SMILES string of the molecule is CC(C)(C)OC(=O)N1CCN(Cc2cccc(-c3nc(-c4cccc(C(F)(F)F)c4)cn3COCC[Si](C)(C)C)c2)CC1. The molecule has 0 saturated carbocycles. The summed E-state index contributed by atoms with van der Waals surface area (Å²) in [5, 5.41) is 0. The molecule has 234 valence electrons. The predicted molar refractivity (Wildman–Crippen MR) is 165 cm³/mol. The van der Waals surface area contributed by atoms with E-state index in [4.69, 9.17) is 14.5 Å². The minimum atomic E-state index is -4.44. The maximum Gasteiger partial charge on any atom is 0.416 e. The zero-order chi connectivity index (χ0) is 31.4. The number of hydrogen-bond acceptors (Lipinski definition) is 5. The molecule has 0 radical (unpaired) electrons. The minimum Gasteiger partial charge on any atom is -0.444 e. The van der Waals surface area contributed by atoms with Crippen LogP contribution < -0.4 is 0 Å². The second-order valence-electron chi connectivity index (χ2n) is 13.3. The Kier molecular flexibility index (Phi) is 10.1. The molecule has 0 spiro atoms. The molecule has 1 saturated heterocycles. The summed E-state index contributed by atoms with van der Waals surface area (Å²) >= 11 is 0. The number of halogens is 3. The normalized spacial score (nSPS) is 15.1. The molecule has 0 aliphatic carbocycles. The largest absolute Gasteiger partial charge is 0.444 e. The Morgan fingerprint density at radius 1 is 0.953 bits per heavy atom. The summed E-state index contributed by atoms with van der Waals surface area (Å²) in [6, 6.07) is 14.3. The van der Waals surface area contributed by atoms with Gasteiger partial charge in [-0.25, -0.2) is 9.78 Å². The van der Waals surface area contributed by atoms with Gasteiger partial charge in [-0.05, 0) is 50.6 Å². The van der Waals surface area contributed by atoms with Crippen molar-refractivity contribution in [1.82, 2.24) is 19.4 Å². The first kappa shape index (κ1) is 32.8. The summed E-state index contributed by atoms with van der Waals surface area (Å²) in [6.45, 7) is 16.6. The first-order valence-electron chi connectivity index (χ1n) is 14.7. The Morgan fingerprint density at radius 2 is 1.63 bits per heavy atom. The second-order valence-corrected chi connectivity index (χ2v) is 18.9. The van der Waals surface area contributed by atoms with Gasteiger partial charge in [-0.2, -0.15) is 13.2 Å². The summed E-state index contributed by atoms with van der Waals surface area (Å²) in [5.74, 6) is 0.636. The van der Waals surface area contributed by atoms with E-state index in [1.165, 1.54) is 6.07 Å². The van der Waals surface area contributed by atoms with Gasteiger partial charge in [0.05, 0.1) is 11.3 Å². The Bertz CT molecular complexity index is 1390. The first-order chi connectivity index (χ1) is 20.1. The number of imidazole rings is 1. The second kappa shape index (κ2) is 13.2. The molecular formula is C32H43F3N4O3Si. The van der Waals surface area contributed by atoms with Crippen molar-refractivity contribution in [1.29, 1.82) is 0 Å². The van der Waals surface area contributed by atoms with Crippen LogP contribution in [0.3, 0.4) is 0 Å². The fraction of sp³-hybridized carbons (Fsp3) is 0.500. The topological polar surface area (TPSA) is 59.8 Å². The highest BCUT2D eigenvalue weighted by Crippen LogP contribution is 2.33. The number of rotatable bonds is 9. The lowest BCUT2D eigenvalue weighted by atomic mass is 10.1. The highest BCUT2D eigenvalue weighted by Gasteiger charge is 2.31. The molecule has 2 aromatic carbocycles. The number of carbonyl (C=O) groups excluding carboxylic acids is 1. The third-order valence-corrected chi connectivity index (χ3v) is 8.81. The van der Waals surface area contributed by atoms with E-state index in [2.05, 4.69) is 36.7 Å². The van der Waals surface area contributed by atoms with E-state index >= 15 is 0 Å². The zero-order valence-corrected chi connectivity index (χ0v) is 27.0. The molecule has 4 rings (SSSR count). The first-order valence-corrected chi connectivity index (χ1v) is 18.4. The molecule has 0 unspecified atom stereocenters. The van der Waals surface area contributed by atoms with E-state index in [0.29, 0.717) is 43.3 Å². The van der Waals surface area contributed by atoms with Crippen LogP contribution in [0.15, 0.2) is 54.7 Å². The number of hydrogen-bond donors (Lipinski definition) is 0. The molecule has 1 aliphatic heterocycles. The number of nitrogens with zero attached hydrogens (tertiary/aromatic N) is 4. The third kappa shape index (κ3) is 9.67. The number of ether oxygens (including phenoxy) is 2. The fourth-order valence-electron chi connectivity index (χ4n) is 4.76. The van der Waals surface area contributed by atoms with Crippen molar-refractivity contribution in [3.8, 4) is 22.6 Å². The van der Waals surface area contributed by atoms with E-state index in [-0.39, 0.29) is 12.8 Å². The summed E-state index contributed by atoms with van der Waals surface area (Å²) in [5.41, 5.74) is 1.56. The number of amides is 1. The summed E-state index contributed by atoms with van der Waals surface area (Å²) < 4.78 is 53.7. The molecule has 1 aromatic heterocycles. The van der Waals surface area contributed by atoms with Gasteiger partial charge in [0.25, 0.3) is 0 Å². The van der Waals surface area contributed by atoms with Crippen LogP contribution in [0.25, 0.3) is 22.6 Å². The van der Waals surface area contributed by atoms with E-state index in [0.717, 1.165) is 42.4 Å². The summed E-state index contributed by atoms with van der Waals surface area (Å²) in [7, 11) is -1.28. The molecular weight excluding hydrogens is 573 g/mol. The average molecular weight is 617 g/mol. The number of aromatic nitrogens is 2. The van der Waals surface area contributed by atoms with Crippen molar-refractivity contribution in [2.45, 2.75) is 71.5 Å². The zero-order valence-electron chi connectivity index (χ0n) is 26.0. The summed E-state index contributed by atoms with van der Waals surface area (Å²) in [4.78, 5) is 21.3. The average Bonchev–Trinajstić information content (AvgIpc) is 3.34. The minimum absolute atomic E-state index is 0.253. The monoisotopic (exact) mass is 616 g/mol. The van der Waals surface area contributed by atoms with Crippen LogP contribution in [0.4, 0.5) is 18.0 Å². The van der Waals surface area contributed by atoms with Gasteiger partial charge in [-0.1, -0.05) is 50.0 Å². The van der Waals surface area contributed by atoms with Crippen molar-refractivity contribution < 1.29 is 27.4 Å². The van der Waals surface area contributed by atoms with E-state index in [1.807, 2.05) is 37.5 Å². The van der Waals surface area contributed by atoms with Gasteiger partial charge in [-0.3, -0.25) is 4.90 Å². The lowest BCUT2D eigenvalue weighted by molar-refractivity contribution is -0.137. The Balaban J connectivity index is 1.52. The van der Waals surface area contributed by atoms with E-state index < -0.39 is 25.4 Å². The molecule has 2 heterocycles. The van der Waals surface area contributed by atoms with E-state index in [1.54, 1.807) is 17.2 Å². The molecule has 0 atom stereocenters. The maximum absolute atomic E-state index is 13.4. The van der Waals surface area contributed by atoms with Gasteiger partial charge in [0.15, 0.2) is 0 Å². The fourth-order valence-corrected chi connectivity index (χ4v) is 5.52. The van der Waals surface area contributed by atoms with Crippen LogP contribution in [0.5, 0.6) is 0 Å². The lowest BCUT2D eigenvalue weighted by Gasteiger charge is -2.35.